The van der Waals surface area contributed by atoms with Crippen molar-refractivity contribution in [2.75, 3.05) is 11.9 Å². The number of hydrogen-bond donors (Lipinski definition) is 2. The maximum atomic E-state index is 12.7. The van der Waals surface area contributed by atoms with Crippen LogP contribution in [0.25, 0.3) is 11.0 Å². The molecule has 2 N–H and O–H groups in total. The molecule has 2 aliphatic rings. The van der Waals surface area contributed by atoms with Crippen LogP contribution in [0.5, 0.6) is 0 Å². The number of piperidine rings is 1. The number of nitrogens with one attached hydrogen (secondary N) is 2. The number of aromatic amines is 1. The molecule has 2 saturated heterocycles. The van der Waals surface area contributed by atoms with Gasteiger partial charge in [-0.15, -0.1) is 0 Å². The second-order valence-corrected chi connectivity index (χ2v) is 9.09. The molecule has 0 saturated carbocycles. The third-order valence-corrected chi connectivity index (χ3v) is 5.77. The summed E-state index contributed by atoms with van der Waals surface area (Å²) in [5.74, 6) is -0.384. The Hall–Kier alpha value is -2.77. The maximum Gasteiger partial charge on any atom is 0.410 e. The van der Waals surface area contributed by atoms with Gasteiger partial charge in [0.2, 0.25) is 0 Å². The van der Waals surface area contributed by atoms with Crippen LogP contribution < -0.4 is 5.32 Å². The van der Waals surface area contributed by atoms with Crippen LogP contribution in [0.4, 0.5) is 10.5 Å². The Kier molecular flexibility index (Phi) is 5.34. The van der Waals surface area contributed by atoms with Crippen molar-refractivity contribution in [1.82, 2.24) is 14.9 Å². The fourth-order valence-corrected chi connectivity index (χ4v) is 4.64. The molecule has 0 unspecified atom stereocenters. The van der Waals surface area contributed by atoms with E-state index >= 15 is 0 Å². The number of fused-ring (bicyclic) bond motifs is 3. The Bertz CT molecular complexity index is 934. The summed E-state index contributed by atoms with van der Waals surface area (Å²) in [6, 6.07) is 2.35. The largest absolute Gasteiger partial charge is 0.462 e. The molecular weight excluding hydrogens is 384 g/mol. The van der Waals surface area contributed by atoms with Crippen molar-refractivity contribution in [3.8, 4) is 0 Å². The van der Waals surface area contributed by atoms with Crippen LogP contribution in [0, 0.1) is 0 Å². The average molecular weight is 415 g/mol. The predicted octanol–water partition coefficient (Wildman–Crippen LogP) is 4.08. The topological polar surface area (TPSA) is 96.5 Å². The molecule has 2 bridgehead atoms. The normalized spacial score (nSPS) is 23.5. The second kappa shape index (κ2) is 7.81. The monoisotopic (exact) mass is 414 g/mol. The van der Waals surface area contributed by atoms with Crippen LogP contribution in [0.15, 0.2) is 18.5 Å². The van der Waals surface area contributed by atoms with Crippen molar-refractivity contribution >= 4 is 28.8 Å². The van der Waals surface area contributed by atoms with Gasteiger partial charge in [-0.05, 0) is 59.4 Å². The SMILES string of the molecule is CCOC(=O)c1cnc2[nH]ccc2c1N[C@@H]1C[C@H]2CC[C@@H](C1)N2C(=O)OC(C)(C)C. The maximum absolute atomic E-state index is 12.7. The number of anilines is 1. The lowest BCUT2D eigenvalue weighted by Gasteiger charge is -2.40. The van der Waals surface area contributed by atoms with Gasteiger partial charge in [0.25, 0.3) is 0 Å². The molecule has 0 radical (unpaired) electrons. The summed E-state index contributed by atoms with van der Waals surface area (Å²) in [5.41, 5.74) is 1.40. The van der Waals surface area contributed by atoms with Gasteiger partial charge < -0.3 is 24.7 Å². The lowest BCUT2D eigenvalue weighted by atomic mass is 9.97. The number of carbonyl (C=O) groups is 2. The fraction of sp³-hybridized carbons (Fsp3) is 0.591. The van der Waals surface area contributed by atoms with Crippen molar-refractivity contribution in [1.29, 1.82) is 0 Å². The highest BCUT2D eigenvalue weighted by molar-refractivity contribution is 6.04. The number of hydrogen-bond acceptors (Lipinski definition) is 6. The molecule has 0 aliphatic carbocycles. The van der Waals surface area contributed by atoms with E-state index < -0.39 is 5.60 Å². The third kappa shape index (κ3) is 3.95. The van der Waals surface area contributed by atoms with Gasteiger partial charge in [0, 0.05) is 35.9 Å². The summed E-state index contributed by atoms with van der Waals surface area (Å²) in [6.45, 7) is 7.77. The van der Waals surface area contributed by atoms with Crippen LogP contribution in [0.2, 0.25) is 0 Å². The van der Waals surface area contributed by atoms with Gasteiger partial charge in [-0.3, -0.25) is 0 Å². The third-order valence-electron chi connectivity index (χ3n) is 5.77. The molecule has 2 fully saturated rings. The summed E-state index contributed by atoms with van der Waals surface area (Å²) >= 11 is 0. The number of pyridine rings is 1. The molecule has 2 aliphatic heterocycles. The number of amides is 1. The molecule has 162 valence electrons. The highest BCUT2D eigenvalue weighted by Gasteiger charge is 2.45. The fourth-order valence-electron chi connectivity index (χ4n) is 4.64. The van der Waals surface area contributed by atoms with Crippen molar-refractivity contribution < 1.29 is 19.1 Å². The van der Waals surface area contributed by atoms with E-state index in [1.165, 1.54) is 0 Å². The second-order valence-electron chi connectivity index (χ2n) is 9.09. The summed E-state index contributed by atoms with van der Waals surface area (Å²) in [5, 5.41) is 4.45. The molecule has 2 aromatic heterocycles. The van der Waals surface area contributed by atoms with E-state index in [1.807, 2.05) is 37.9 Å². The number of aromatic nitrogens is 2. The number of rotatable bonds is 4. The standard InChI is InChI=1S/C22H30N4O4/c1-5-29-20(27)17-12-24-19-16(8-9-23-19)18(17)25-13-10-14-6-7-15(11-13)26(14)21(28)30-22(2,3)4/h8-9,12-15H,5-7,10-11H2,1-4H3,(H2,23,24,25)/t13-,14-,15+. The lowest BCUT2D eigenvalue weighted by molar-refractivity contribution is 0.00683. The molecule has 3 atom stereocenters. The quantitative estimate of drug-likeness (QED) is 0.732. The Labute approximate surface area is 176 Å². The zero-order chi connectivity index (χ0) is 21.5. The van der Waals surface area contributed by atoms with E-state index in [9.17, 15) is 9.59 Å². The molecule has 8 heteroatoms. The summed E-state index contributed by atoms with van der Waals surface area (Å²) < 4.78 is 10.9. The minimum atomic E-state index is -0.503. The number of H-pyrrole nitrogens is 1. The number of esters is 1. The minimum Gasteiger partial charge on any atom is -0.462 e. The summed E-state index contributed by atoms with van der Waals surface area (Å²) in [7, 11) is 0. The molecule has 4 rings (SSSR count). The number of nitrogens with zero attached hydrogens (tertiary/aromatic N) is 2. The molecule has 0 aromatic carbocycles. The van der Waals surface area contributed by atoms with Crippen LogP contribution in [-0.4, -0.2) is 57.3 Å². The highest BCUT2D eigenvalue weighted by Crippen LogP contribution is 2.39. The van der Waals surface area contributed by atoms with E-state index in [2.05, 4.69) is 15.3 Å². The minimum absolute atomic E-state index is 0.144. The predicted molar refractivity (Wildman–Crippen MR) is 114 cm³/mol. The molecular formula is C22H30N4O4. The van der Waals surface area contributed by atoms with Crippen molar-refractivity contribution in [2.24, 2.45) is 0 Å². The highest BCUT2D eigenvalue weighted by atomic mass is 16.6. The molecule has 4 heterocycles. The van der Waals surface area contributed by atoms with Crippen molar-refractivity contribution in [3.63, 3.8) is 0 Å². The van der Waals surface area contributed by atoms with E-state index in [-0.39, 0.29) is 30.2 Å². The van der Waals surface area contributed by atoms with E-state index in [4.69, 9.17) is 9.47 Å². The zero-order valence-corrected chi connectivity index (χ0v) is 18.0. The van der Waals surface area contributed by atoms with Gasteiger partial charge in [0.15, 0.2) is 0 Å². The molecule has 0 spiro atoms. The van der Waals surface area contributed by atoms with Gasteiger partial charge in [-0.1, -0.05) is 0 Å². The first kappa shape index (κ1) is 20.5. The average Bonchev–Trinajstić information content (AvgIpc) is 3.23. The molecule has 30 heavy (non-hydrogen) atoms. The van der Waals surface area contributed by atoms with Gasteiger partial charge >= 0.3 is 12.1 Å². The van der Waals surface area contributed by atoms with E-state index in [0.29, 0.717) is 12.2 Å². The van der Waals surface area contributed by atoms with Crippen molar-refractivity contribution in [2.45, 2.75) is 77.1 Å². The van der Waals surface area contributed by atoms with Gasteiger partial charge in [0.1, 0.15) is 16.8 Å². The first-order chi connectivity index (χ1) is 14.3. The Morgan fingerprint density at radius 3 is 2.60 bits per heavy atom. The zero-order valence-electron chi connectivity index (χ0n) is 18.0. The number of carbonyl (C=O) groups excluding carboxylic acids is 2. The summed E-state index contributed by atoms with van der Waals surface area (Å²) in [4.78, 5) is 34.6. The van der Waals surface area contributed by atoms with E-state index in [1.54, 1.807) is 13.1 Å². The molecule has 1 amide bonds. The molecule has 2 aromatic rings. The van der Waals surface area contributed by atoms with Crippen LogP contribution in [0.3, 0.4) is 0 Å². The Morgan fingerprint density at radius 2 is 1.97 bits per heavy atom. The number of ether oxygens (including phenoxy) is 2. The summed E-state index contributed by atoms with van der Waals surface area (Å²) in [6.07, 6.45) is 6.72. The van der Waals surface area contributed by atoms with Crippen LogP contribution >= 0.6 is 0 Å². The van der Waals surface area contributed by atoms with Crippen LogP contribution in [-0.2, 0) is 9.47 Å². The first-order valence-electron chi connectivity index (χ1n) is 10.7. The Morgan fingerprint density at radius 1 is 1.27 bits per heavy atom. The first-order valence-corrected chi connectivity index (χ1v) is 10.7. The smallest absolute Gasteiger partial charge is 0.410 e. The van der Waals surface area contributed by atoms with Crippen molar-refractivity contribution in [3.05, 3.63) is 24.0 Å². The molecule has 8 nitrogen and oxygen atoms in total. The van der Waals surface area contributed by atoms with E-state index in [0.717, 1.165) is 42.4 Å². The lowest BCUT2D eigenvalue weighted by Crippen LogP contribution is -2.51. The van der Waals surface area contributed by atoms with Crippen LogP contribution in [0.1, 0.15) is 63.7 Å². The van der Waals surface area contributed by atoms with Gasteiger partial charge in [-0.2, -0.15) is 0 Å². The Balaban J connectivity index is 1.55. The van der Waals surface area contributed by atoms with Gasteiger partial charge in [-0.25, -0.2) is 14.6 Å². The van der Waals surface area contributed by atoms with Gasteiger partial charge in [0.05, 0.1) is 12.3 Å².